The third-order valence-corrected chi connectivity index (χ3v) is 0. The molecule has 0 N–H and O–H groups in total. The van der Waals surface area contributed by atoms with Gasteiger partial charge in [-0.2, -0.15) is 0 Å². The van der Waals surface area contributed by atoms with Crippen LogP contribution in [0.15, 0.2) is 0 Å². The van der Waals surface area contributed by atoms with Crippen LogP contribution in [0.4, 0.5) is 0 Å². The predicted octanol–water partition coefficient (Wildman–Crippen LogP) is -4.72. The van der Waals surface area contributed by atoms with Crippen LogP contribution in [0.5, 0.6) is 0 Å². The van der Waals surface area contributed by atoms with E-state index in [4.69, 9.17) is 17.5 Å². The normalized spacial score (nSPS) is 7.25. The molecule has 0 atom stereocenters. The van der Waals surface area contributed by atoms with Crippen LogP contribution >= 0.6 is 0 Å². The molecule has 0 aliphatic rings. The van der Waals surface area contributed by atoms with Gasteiger partial charge in [-0.1, -0.05) is 0 Å². The fraction of sp³-hybridized carbons (Fsp3) is 0. The van der Waals surface area contributed by atoms with Crippen LogP contribution in [0, 0.1) is 0 Å². The Balaban J connectivity index is -0.0000000267. The molecule has 1 radical (unpaired) electrons. The molecule has 8 heteroatoms. The van der Waals surface area contributed by atoms with Crippen molar-refractivity contribution in [1.29, 1.82) is 0 Å². The third-order valence-electron chi connectivity index (χ3n) is 0. The molecule has 0 unspecified atom stereocenters. The van der Waals surface area contributed by atoms with Gasteiger partial charge in [0.2, 0.25) is 0 Å². The van der Waals surface area contributed by atoms with E-state index in [1.54, 1.807) is 0 Å². The van der Waals surface area contributed by atoms with Crippen LogP contribution in [-0.2, 0) is 27.5 Å². The van der Waals surface area contributed by atoms with Gasteiger partial charge in [0.05, 0.1) is 0 Å². The molecule has 0 saturated heterocycles. The quantitative estimate of drug-likeness (QED) is 0.240. The van der Waals surface area contributed by atoms with Gasteiger partial charge < -0.3 is 21.5 Å². The molecule has 0 rings (SSSR count). The van der Waals surface area contributed by atoms with Crippen molar-refractivity contribution in [2.75, 3.05) is 0 Å². The van der Waals surface area contributed by atoms with E-state index in [0.717, 1.165) is 0 Å². The second kappa shape index (κ2) is 8.94. The van der Waals surface area contributed by atoms with Gasteiger partial charge in [0.1, 0.15) is 0 Å². The first-order valence-corrected chi connectivity index (χ1v) is 2.00. The molecule has 0 aromatic carbocycles. The molecule has 0 saturated carbocycles. The first-order valence-electron chi connectivity index (χ1n) is 0.667. The summed E-state index contributed by atoms with van der Waals surface area (Å²) < 4.78 is 34.1. The molecule has 0 heterocycles. The van der Waals surface area contributed by atoms with E-state index in [0.29, 0.717) is 0 Å². The fourth-order valence-electron chi connectivity index (χ4n) is 0. The van der Waals surface area contributed by atoms with Crippen LogP contribution < -0.4 is 12.4 Å². The summed E-state index contributed by atoms with van der Waals surface area (Å²) in [5.41, 5.74) is 0. The van der Waals surface area contributed by atoms with E-state index < -0.39 is 10.4 Å². The molecule has 8 heavy (non-hydrogen) atoms. The fourth-order valence-corrected chi connectivity index (χ4v) is 0. The van der Waals surface area contributed by atoms with Crippen molar-refractivity contribution in [3.8, 4) is 0 Å². The molecule has 0 fully saturated rings. The second-order valence-electron chi connectivity index (χ2n) is 0.408. The van der Waals surface area contributed by atoms with Crippen molar-refractivity contribution in [1.82, 2.24) is 0 Å². The standard InChI is InChI=1S/Ca.ClH.Cu.H2O4S/c;;;1-5(2,3)4/h;1H;;(H2,1,2,3,4)/q+2;;+2;/p-3. The zero-order valence-electron chi connectivity index (χ0n) is 3.43. The van der Waals surface area contributed by atoms with Crippen LogP contribution in [0.25, 0.3) is 0 Å². The minimum atomic E-state index is -5.17. The molecular formula is CaClCuO4S+. The Bertz CT molecular complexity index is 99.2. The summed E-state index contributed by atoms with van der Waals surface area (Å²) in [4.78, 5) is 0. The number of halogens is 1. The number of hydrogen-bond donors (Lipinski definition) is 0. The smallest absolute Gasteiger partial charge is 1.00 e. The number of hydrogen-bond acceptors (Lipinski definition) is 4. The predicted molar refractivity (Wildman–Crippen MR) is 16.2 cm³/mol. The zero-order valence-corrected chi connectivity index (χ0v) is 8.15. The Labute approximate surface area is 93.9 Å². The Morgan fingerprint density at radius 3 is 1.12 bits per heavy atom. The zero-order chi connectivity index (χ0) is 4.50. The van der Waals surface area contributed by atoms with Crippen LogP contribution in [-0.4, -0.2) is 55.3 Å². The van der Waals surface area contributed by atoms with E-state index in [1.165, 1.54) is 0 Å². The van der Waals surface area contributed by atoms with Gasteiger partial charge in [0.25, 0.3) is 0 Å². The molecule has 0 aliphatic carbocycles. The van der Waals surface area contributed by atoms with Gasteiger partial charge in [0.15, 0.2) is 0 Å². The van der Waals surface area contributed by atoms with Gasteiger partial charge in [0, 0.05) is 10.4 Å². The first-order chi connectivity index (χ1) is 2.00. The van der Waals surface area contributed by atoms with Crippen LogP contribution in [0.3, 0.4) is 0 Å². The minimum Gasteiger partial charge on any atom is -1.00 e. The summed E-state index contributed by atoms with van der Waals surface area (Å²) >= 11 is 0. The SMILES string of the molecule is O=S(=O)([O-])[O-].[Ca+2].[Cl-].[Cu+2]. The summed E-state index contributed by atoms with van der Waals surface area (Å²) in [6.07, 6.45) is 0. The maximum atomic E-state index is 8.52. The van der Waals surface area contributed by atoms with Crippen LogP contribution in [0.1, 0.15) is 0 Å². The van der Waals surface area contributed by atoms with Crippen molar-refractivity contribution in [3.05, 3.63) is 0 Å². The van der Waals surface area contributed by atoms with Crippen molar-refractivity contribution < 1.29 is 47.0 Å². The van der Waals surface area contributed by atoms with E-state index in [9.17, 15) is 0 Å². The summed E-state index contributed by atoms with van der Waals surface area (Å²) in [6.45, 7) is 0. The Kier molecular flexibility index (Phi) is 25.2. The van der Waals surface area contributed by atoms with E-state index >= 15 is 0 Å². The molecule has 0 spiro atoms. The van der Waals surface area contributed by atoms with Gasteiger partial charge in [-0.15, -0.1) is 0 Å². The molecule has 0 aromatic heterocycles. The largest absolute Gasteiger partial charge is 2.00 e. The Hall–Kier alpha value is 1.94. The average molecular weight is 235 g/mol. The van der Waals surface area contributed by atoms with E-state index in [1.807, 2.05) is 0 Å². The maximum absolute atomic E-state index is 8.52. The molecule has 4 nitrogen and oxygen atoms in total. The monoisotopic (exact) mass is 234 g/mol. The molecule has 49 valence electrons. The first kappa shape index (κ1) is 22.5. The maximum Gasteiger partial charge on any atom is 2.00 e. The second-order valence-corrected chi connectivity index (χ2v) is 1.22. The molecule has 0 aliphatic heterocycles. The molecule has 0 amide bonds. The van der Waals surface area contributed by atoms with Gasteiger partial charge in [-0.25, -0.2) is 0 Å². The van der Waals surface area contributed by atoms with Crippen molar-refractivity contribution in [3.63, 3.8) is 0 Å². The van der Waals surface area contributed by atoms with Crippen molar-refractivity contribution in [2.45, 2.75) is 0 Å². The minimum absolute atomic E-state index is 0. The summed E-state index contributed by atoms with van der Waals surface area (Å²) in [7, 11) is -5.17. The summed E-state index contributed by atoms with van der Waals surface area (Å²) in [5, 5.41) is 0. The Morgan fingerprint density at radius 1 is 1.12 bits per heavy atom. The molecule has 0 aromatic rings. The topological polar surface area (TPSA) is 80.3 Å². The Morgan fingerprint density at radius 2 is 1.12 bits per heavy atom. The third kappa shape index (κ3) is 102. The average Bonchev–Trinajstić information content (AvgIpc) is 0.722. The van der Waals surface area contributed by atoms with E-state index in [2.05, 4.69) is 0 Å². The van der Waals surface area contributed by atoms with Crippen LogP contribution in [0.2, 0.25) is 0 Å². The molecule has 0 bridgehead atoms. The van der Waals surface area contributed by atoms with Crippen molar-refractivity contribution >= 4 is 48.1 Å². The molecular weight excluding hydrogens is 235 g/mol. The van der Waals surface area contributed by atoms with Gasteiger partial charge in [-0.3, -0.25) is 8.42 Å². The number of rotatable bonds is 0. The van der Waals surface area contributed by atoms with Gasteiger partial charge >= 0.3 is 54.8 Å². The summed E-state index contributed by atoms with van der Waals surface area (Å²) in [5.74, 6) is 0. The van der Waals surface area contributed by atoms with Gasteiger partial charge in [-0.05, 0) is 0 Å². The van der Waals surface area contributed by atoms with E-state index in [-0.39, 0.29) is 67.2 Å². The summed E-state index contributed by atoms with van der Waals surface area (Å²) in [6, 6.07) is 0. The van der Waals surface area contributed by atoms with Crippen molar-refractivity contribution in [2.24, 2.45) is 0 Å².